The first-order valence-corrected chi connectivity index (χ1v) is 6.87. The third kappa shape index (κ3) is 2.77. The van der Waals surface area contributed by atoms with Crippen LogP contribution in [0.4, 0.5) is 22.0 Å². The number of hydrogen-bond donors (Lipinski definition) is 0. The van der Waals surface area contributed by atoms with Gasteiger partial charge in [0.1, 0.15) is 5.69 Å². The van der Waals surface area contributed by atoms with Crippen molar-refractivity contribution in [3.63, 3.8) is 0 Å². The van der Waals surface area contributed by atoms with Crippen molar-refractivity contribution >= 4 is 0 Å². The molecule has 0 N–H and O–H groups in total. The maximum absolute atomic E-state index is 13.9. The molecule has 2 nitrogen and oxygen atoms in total. The monoisotopic (exact) mass is 339 g/mol. The molecule has 0 saturated carbocycles. The summed E-state index contributed by atoms with van der Waals surface area (Å²) < 4.78 is 71.0. The number of oxazole rings is 1. The van der Waals surface area contributed by atoms with Crippen molar-refractivity contribution in [1.82, 2.24) is 4.98 Å². The SMILES string of the molecule is FC(F)(F)C(F)(F)c1oc(-c2ccccc2)nc1-c1ccccc1. The normalized spacial score (nSPS) is 12.4. The molecule has 0 aliphatic heterocycles. The molecular weight excluding hydrogens is 329 g/mol. The molecule has 1 aromatic heterocycles. The first-order valence-electron chi connectivity index (χ1n) is 6.87. The second kappa shape index (κ2) is 5.74. The van der Waals surface area contributed by atoms with Gasteiger partial charge in [0, 0.05) is 11.1 Å². The predicted molar refractivity (Wildman–Crippen MR) is 77.3 cm³/mol. The molecule has 3 aromatic rings. The fourth-order valence-corrected chi connectivity index (χ4v) is 2.16. The Kier molecular flexibility index (Phi) is 3.87. The van der Waals surface area contributed by atoms with Crippen LogP contribution in [0, 0.1) is 0 Å². The van der Waals surface area contributed by atoms with Gasteiger partial charge < -0.3 is 4.42 Å². The van der Waals surface area contributed by atoms with Crippen molar-refractivity contribution in [3.8, 4) is 22.7 Å². The molecule has 3 rings (SSSR count). The molecule has 0 spiro atoms. The van der Waals surface area contributed by atoms with Crippen molar-refractivity contribution in [3.05, 3.63) is 66.4 Å². The number of benzene rings is 2. The lowest BCUT2D eigenvalue weighted by Gasteiger charge is -2.17. The second-order valence-electron chi connectivity index (χ2n) is 5.00. The summed E-state index contributed by atoms with van der Waals surface area (Å²) in [4.78, 5) is 3.88. The molecule has 0 aliphatic rings. The van der Waals surface area contributed by atoms with Crippen LogP contribution in [0.2, 0.25) is 0 Å². The highest BCUT2D eigenvalue weighted by Gasteiger charge is 2.62. The van der Waals surface area contributed by atoms with Crippen molar-refractivity contribution in [2.24, 2.45) is 0 Å². The quantitative estimate of drug-likeness (QED) is 0.575. The number of halogens is 5. The molecule has 2 aromatic carbocycles. The van der Waals surface area contributed by atoms with Gasteiger partial charge in [0.05, 0.1) is 0 Å². The Morgan fingerprint density at radius 2 is 1.21 bits per heavy atom. The second-order valence-corrected chi connectivity index (χ2v) is 5.00. The van der Waals surface area contributed by atoms with Crippen LogP contribution in [0.3, 0.4) is 0 Å². The molecule has 0 aliphatic carbocycles. The summed E-state index contributed by atoms with van der Waals surface area (Å²) in [6.07, 6.45) is -5.79. The fraction of sp³-hybridized carbons (Fsp3) is 0.118. The molecule has 0 atom stereocenters. The third-order valence-corrected chi connectivity index (χ3v) is 3.34. The molecular formula is C17H10F5NO. The molecule has 7 heteroatoms. The van der Waals surface area contributed by atoms with Crippen LogP contribution >= 0.6 is 0 Å². The Labute approximate surface area is 133 Å². The Bertz CT molecular complexity index is 825. The molecule has 0 fully saturated rings. The molecule has 24 heavy (non-hydrogen) atoms. The number of nitrogens with zero attached hydrogens (tertiary/aromatic N) is 1. The van der Waals surface area contributed by atoms with Crippen LogP contribution < -0.4 is 0 Å². The first kappa shape index (κ1) is 16.2. The van der Waals surface area contributed by atoms with Gasteiger partial charge in [-0.05, 0) is 12.1 Å². The standard InChI is InChI=1S/C17H10F5NO/c18-16(19,17(20,21)22)14-13(11-7-3-1-4-8-11)23-15(24-14)12-9-5-2-6-10-12/h1-10H. The van der Waals surface area contributed by atoms with Gasteiger partial charge in [-0.15, -0.1) is 0 Å². The molecule has 0 amide bonds. The van der Waals surface area contributed by atoms with Gasteiger partial charge >= 0.3 is 12.1 Å². The maximum atomic E-state index is 13.9. The van der Waals surface area contributed by atoms with E-state index in [-0.39, 0.29) is 11.5 Å². The van der Waals surface area contributed by atoms with Gasteiger partial charge in [0.25, 0.3) is 0 Å². The van der Waals surface area contributed by atoms with Crippen LogP contribution in [0.25, 0.3) is 22.7 Å². The number of alkyl halides is 5. The van der Waals surface area contributed by atoms with E-state index in [4.69, 9.17) is 4.42 Å². The Hall–Kier alpha value is -2.70. The fourth-order valence-electron chi connectivity index (χ4n) is 2.16. The summed E-state index contributed by atoms with van der Waals surface area (Å²) >= 11 is 0. The van der Waals surface area contributed by atoms with E-state index < -0.39 is 23.6 Å². The molecule has 0 unspecified atom stereocenters. The van der Waals surface area contributed by atoms with Crippen molar-refractivity contribution in [1.29, 1.82) is 0 Å². The molecule has 0 saturated heterocycles. The van der Waals surface area contributed by atoms with Gasteiger partial charge in [-0.1, -0.05) is 48.5 Å². The van der Waals surface area contributed by atoms with E-state index in [1.165, 1.54) is 36.4 Å². The summed E-state index contributed by atoms with van der Waals surface area (Å²) in [6, 6.07) is 15.3. The Morgan fingerprint density at radius 3 is 1.71 bits per heavy atom. The predicted octanol–water partition coefficient (Wildman–Crippen LogP) is 5.66. The van der Waals surface area contributed by atoms with Crippen LogP contribution in [-0.2, 0) is 5.92 Å². The highest BCUT2D eigenvalue weighted by atomic mass is 19.4. The zero-order chi connectivity index (χ0) is 17.4. The summed E-state index contributed by atoms with van der Waals surface area (Å²) in [7, 11) is 0. The Morgan fingerprint density at radius 1 is 0.708 bits per heavy atom. The third-order valence-electron chi connectivity index (χ3n) is 3.34. The summed E-state index contributed by atoms with van der Waals surface area (Å²) in [5.74, 6) is -6.97. The topological polar surface area (TPSA) is 26.0 Å². The van der Waals surface area contributed by atoms with E-state index in [1.807, 2.05) is 0 Å². The molecule has 0 bridgehead atoms. The minimum Gasteiger partial charge on any atom is -0.434 e. The number of aromatic nitrogens is 1. The van der Waals surface area contributed by atoms with Crippen LogP contribution in [0.1, 0.15) is 5.76 Å². The van der Waals surface area contributed by atoms with Crippen LogP contribution in [0.5, 0.6) is 0 Å². The highest BCUT2D eigenvalue weighted by Crippen LogP contribution is 2.48. The zero-order valence-corrected chi connectivity index (χ0v) is 12.0. The molecule has 124 valence electrons. The molecule has 1 heterocycles. The number of rotatable bonds is 3. The smallest absolute Gasteiger partial charge is 0.434 e. The molecule has 0 radical (unpaired) electrons. The van der Waals surface area contributed by atoms with Gasteiger partial charge in [0.2, 0.25) is 11.7 Å². The van der Waals surface area contributed by atoms with Crippen molar-refractivity contribution in [2.75, 3.05) is 0 Å². The maximum Gasteiger partial charge on any atom is 0.461 e. The average Bonchev–Trinajstić information content (AvgIpc) is 3.01. The average molecular weight is 339 g/mol. The largest absolute Gasteiger partial charge is 0.461 e. The lowest BCUT2D eigenvalue weighted by Crippen LogP contribution is -2.33. The van der Waals surface area contributed by atoms with Gasteiger partial charge in [0.15, 0.2) is 0 Å². The van der Waals surface area contributed by atoms with Gasteiger partial charge in [-0.3, -0.25) is 0 Å². The summed E-state index contributed by atoms with van der Waals surface area (Å²) in [5, 5.41) is 0. The Balaban J connectivity index is 2.22. The van der Waals surface area contributed by atoms with E-state index >= 15 is 0 Å². The number of hydrogen-bond acceptors (Lipinski definition) is 2. The lowest BCUT2D eigenvalue weighted by molar-refractivity contribution is -0.295. The van der Waals surface area contributed by atoms with E-state index in [0.29, 0.717) is 5.56 Å². The summed E-state index contributed by atoms with van der Waals surface area (Å²) in [6.45, 7) is 0. The minimum absolute atomic E-state index is 0.113. The highest BCUT2D eigenvalue weighted by molar-refractivity contribution is 5.66. The first-order chi connectivity index (χ1) is 11.3. The van der Waals surface area contributed by atoms with E-state index in [9.17, 15) is 22.0 Å². The zero-order valence-electron chi connectivity index (χ0n) is 12.0. The van der Waals surface area contributed by atoms with E-state index in [2.05, 4.69) is 4.98 Å². The van der Waals surface area contributed by atoms with Crippen molar-refractivity contribution in [2.45, 2.75) is 12.1 Å². The minimum atomic E-state index is -5.79. The van der Waals surface area contributed by atoms with Crippen LogP contribution in [-0.4, -0.2) is 11.2 Å². The van der Waals surface area contributed by atoms with Crippen molar-refractivity contribution < 1.29 is 26.4 Å². The lowest BCUT2D eigenvalue weighted by atomic mass is 10.1. The van der Waals surface area contributed by atoms with E-state index in [1.54, 1.807) is 24.3 Å². The van der Waals surface area contributed by atoms with Crippen LogP contribution in [0.15, 0.2) is 65.1 Å². The summed E-state index contributed by atoms with van der Waals surface area (Å²) in [5.41, 5.74) is -0.113. The van der Waals surface area contributed by atoms with Gasteiger partial charge in [-0.25, -0.2) is 4.98 Å². The van der Waals surface area contributed by atoms with E-state index in [0.717, 1.165) is 0 Å². The van der Waals surface area contributed by atoms with Gasteiger partial charge in [-0.2, -0.15) is 22.0 Å².